The number of hydrogen-bond donors (Lipinski definition) is 2. The number of rotatable bonds is 6. The molecule has 1 aliphatic heterocycles. The first-order chi connectivity index (χ1) is 13.4. The molecular formula is C19H31N7OS. The Morgan fingerprint density at radius 2 is 2.21 bits per heavy atom. The number of methoxy groups -OCH3 is 1. The molecule has 0 aliphatic carbocycles. The molecule has 2 aromatic heterocycles. The van der Waals surface area contributed by atoms with Gasteiger partial charge in [0.05, 0.1) is 18.8 Å². The number of ether oxygens (including phenoxy) is 1. The third-order valence-corrected chi connectivity index (χ3v) is 5.39. The molecule has 154 valence electrons. The summed E-state index contributed by atoms with van der Waals surface area (Å²) < 4.78 is 7.12. The third kappa shape index (κ3) is 5.29. The second-order valence-electron chi connectivity index (χ2n) is 8.01. The van der Waals surface area contributed by atoms with Crippen molar-refractivity contribution in [3.8, 4) is 0 Å². The number of nitrogens with one attached hydrogen (secondary N) is 2. The lowest BCUT2D eigenvalue weighted by Crippen LogP contribution is -2.47. The molecule has 1 atom stereocenters. The van der Waals surface area contributed by atoms with E-state index in [0.29, 0.717) is 13.2 Å². The van der Waals surface area contributed by atoms with Crippen molar-refractivity contribution >= 4 is 17.3 Å². The van der Waals surface area contributed by atoms with E-state index >= 15 is 0 Å². The molecule has 28 heavy (non-hydrogen) atoms. The lowest BCUT2D eigenvalue weighted by Gasteiger charge is -2.25. The van der Waals surface area contributed by atoms with Gasteiger partial charge < -0.3 is 15.4 Å². The van der Waals surface area contributed by atoms with Crippen molar-refractivity contribution in [1.29, 1.82) is 0 Å². The summed E-state index contributed by atoms with van der Waals surface area (Å²) in [5, 5.41) is 14.6. The van der Waals surface area contributed by atoms with E-state index in [1.54, 1.807) is 18.4 Å². The Bertz CT molecular complexity index is 806. The first-order valence-corrected chi connectivity index (χ1v) is 10.7. The number of guanidine groups is 1. The Kier molecular flexibility index (Phi) is 6.66. The maximum atomic E-state index is 5.14. The van der Waals surface area contributed by atoms with Gasteiger partial charge in [-0.25, -0.2) is 19.6 Å². The molecule has 2 aromatic rings. The Labute approximate surface area is 170 Å². The molecule has 0 aromatic carbocycles. The molecule has 0 saturated carbocycles. The minimum Gasteiger partial charge on any atom is -0.377 e. The number of nitrogens with zero attached hydrogens (tertiary/aromatic N) is 5. The van der Waals surface area contributed by atoms with Crippen LogP contribution in [0.4, 0.5) is 0 Å². The van der Waals surface area contributed by atoms with Gasteiger partial charge in [0.25, 0.3) is 0 Å². The molecular weight excluding hydrogens is 374 g/mol. The summed E-state index contributed by atoms with van der Waals surface area (Å²) in [6.07, 6.45) is 1.90. The van der Waals surface area contributed by atoms with E-state index in [1.807, 2.05) is 4.68 Å². The van der Waals surface area contributed by atoms with E-state index < -0.39 is 0 Å². The topological polar surface area (TPSA) is 89.2 Å². The van der Waals surface area contributed by atoms with Crippen LogP contribution in [0.15, 0.2) is 10.4 Å². The van der Waals surface area contributed by atoms with Gasteiger partial charge in [0.1, 0.15) is 17.4 Å². The van der Waals surface area contributed by atoms with Gasteiger partial charge >= 0.3 is 0 Å². The summed E-state index contributed by atoms with van der Waals surface area (Å²) >= 11 is 1.67. The molecule has 0 radical (unpaired) electrons. The Morgan fingerprint density at radius 1 is 1.39 bits per heavy atom. The monoisotopic (exact) mass is 405 g/mol. The van der Waals surface area contributed by atoms with Crippen LogP contribution < -0.4 is 10.6 Å². The van der Waals surface area contributed by atoms with Crippen LogP contribution in [0.2, 0.25) is 0 Å². The van der Waals surface area contributed by atoms with E-state index in [0.717, 1.165) is 54.2 Å². The molecule has 0 amide bonds. The second-order valence-corrected chi connectivity index (χ2v) is 8.95. The molecule has 3 rings (SSSR count). The number of thiazole rings is 1. The van der Waals surface area contributed by atoms with Gasteiger partial charge in [0, 0.05) is 36.9 Å². The van der Waals surface area contributed by atoms with E-state index in [-0.39, 0.29) is 11.5 Å². The van der Waals surface area contributed by atoms with Gasteiger partial charge in [-0.15, -0.1) is 11.3 Å². The van der Waals surface area contributed by atoms with Crippen LogP contribution in [0.5, 0.6) is 0 Å². The number of aromatic nitrogens is 4. The fourth-order valence-electron chi connectivity index (χ4n) is 3.06. The molecule has 8 nitrogen and oxygen atoms in total. The Balaban J connectivity index is 1.62. The first-order valence-electron chi connectivity index (χ1n) is 9.80. The second kappa shape index (κ2) is 9.00. The van der Waals surface area contributed by atoms with Crippen LogP contribution in [0.1, 0.15) is 56.5 Å². The highest BCUT2D eigenvalue weighted by Gasteiger charge is 2.22. The minimum absolute atomic E-state index is 0.0699. The molecule has 0 fully saturated rings. The number of aliphatic imine (C=N–C) groups is 1. The van der Waals surface area contributed by atoms with Crippen molar-refractivity contribution in [3.05, 3.63) is 27.7 Å². The third-order valence-electron chi connectivity index (χ3n) is 4.55. The Morgan fingerprint density at radius 3 is 2.89 bits per heavy atom. The van der Waals surface area contributed by atoms with Gasteiger partial charge in [0.2, 0.25) is 0 Å². The lowest BCUT2D eigenvalue weighted by molar-refractivity contribution is 0.177. The number of fused-ring (bicyclic) bond motifs is 1. The summed E-state index contributed by atoms with van der Waals surface area (Å²) in [6.45, 7) is 11.2. The quantitative estimate of drug-likeness (QED) is 0.566. The van der Waals surface area contributed by atoms with Crippen molar-refractivity contribution in [2.24, 2.45) is 4.99 Å². The molecule has 2 N–H and O–H groups in total. The molecule has 1 aliphatic rings. The molecule has 0 saturated heterocycles. The maximum Gasteiger partial charge on any atom is 0.191 e. The lowest BCUT2D eigenvalue weighted by atomic mass is 9.93. The molecule has 3 heterocycles. The average molecular weight is 406 g/mol. The van der Waals surface area contributed by atoms with Gasteiger partial charge in [0.15, 0.2) is 11.8 Å². The normalized spacial score (nSPS) is 17.5. The van der Waals surface area contributed by atoms with Crippen molar-refractivity contribution in [2.45, 2.75) is 71.7 Å². The van der Waals surface area contributed by atoms with Crippen LogP contribution in [-0.4, -0.2) is 45.4 Å². The fourth-order valence-corrected chi connectivity index (χ4v) is 4.00. The summed E-state index contributed by atoms with van der Waals surface area (Å²) in [5.41, 5.74) is 1.19. The molecule has 0 spiro atoms. The summed E-state index contributed by atoms with van der Waals surface area (Å²) in [6, 6.07) is 0.267. The van der Waals surface area contributed by atoms with Crippen molar-refractivity contribution < 1.29 is 4.74 Å². The van der Waals surface area contributed by atoms with Gasteiger partial charge in [-0.05, 0) is 13.3 Å². The number of aryl methyl sites for hydroxylation is 1. The number of hydrogen-bond acceptors (Lipinski definition) is 6. The fraction of sp³-hybridized carbons (Fsp3) is 0.684. The summed E-state index contributed by atoms with van der Waals surface area (Å²) in [5.74, 6) is 2.60. The molecule has 9 heteroatoms. The average Bonchev–Trinajstić information content (AvgIpc) is 3.26. The zero-order valence-electron chi connectivity index (χ0n) is 17.4. The first kappa shape index (κ1) is 20.7. The molecule has 0 bridgehead atoms. The zero-order chi connectivity index (χ0) is 20.1. The van der Waals surface area contributed by atoms with E-state index in [2.05, 4.69) is 53.8 Å². The van der Waals surface area contributed by atoms with Crippen molar-refractivity contribution in [1.82, 2.24) is 30.4 Å². The summed E-state index contributed by atoms with van der Waals surface area (Å²) in [7, 11) is 1.66. The highest BCUT2D eigenvalue weighted by Crippen LogP contribution is 2.24. The molecule has 1 unspecified atom stereocenters. The highest BCUT2D eigenvalue weighted by molar-refractivity contribution is 7.09. The zero-order valence-corrected chi connectivity index (χ0v) is 18.3. The predicted octanol–water partition coefficient (Wildman–Crippen LogP) is 2.25. The van der Waals surface area contributed by atoms with E-state index in [1.165, 1.54) is 0 Å². The standard InChI is InChI=1S/C19H31N7OS/c1-6-20-18(21-9-17-23-14(12-28-17)19(2,3)4)22-13-7-8-16-24-15(11-27-5)25-26(16)10-13/h12-13H,6-11H2,1-5H3,(H2,20,21,22). The van der Waals surface area contributed by atoms with Crippen LogP contribution in [-0.2, 0) is 36.3 Å². The van der Waals surface area contributed by atoms with Gasteiger partial charge in [-0.3, -0.25) is 0 Å². The van der Waals surface area contributed by atoms with Crippen LogP contribution in [0.25, 0.3) is 0 Å². The highest BCUT2D eigenvalue weighted by atomic mass is 32.1. The van der Waals surface area contributed by atoms with Crippen LogP contribution >= 0.6 is 11.3 Å². The smallest absolute Gasteiger partial charge is 0.191 e. The Hall–Kier alpha value is -2.00. The summed E-state index contributed by atoms with van der Waals surface area (Å²) in [4.78, 5) is 14.0. The largest absolute Gasteiger partial charge is 0.377 e. The van der Waals surface area contributed by atoms with Gasteiger partial charge in [-0.1, -0.05) is 20.8 Å². The van der Waals surface area contributed by atoms with Gasteiger partial charge in [-0.2, -0.15) is 5.10 Å². The van der Waals surface area contributed by atoms with E-state index in [9.17, 15) is 0 Å². The van der Waals surface area contributed by atoms with Crippen molar-refractivity contribution in [2.75, 3.05) is 13.7 Å². The van der Waals surface area contributed by atoms with E-state index in [4.69, 9.17) is 14.7 Å². The SMILES string of the molecule is CCNC(=NCc1nc(C(C)(C)C)cs1)NC1CCc2nc(COC)nn2C1. The maximum absolute atomic E-state index is 5.14. The van der Waals surface area contributed by atoms with Crippen LogP contribution in [0.3, 0.4) is 0 Å². The predicted molar refractivity (Wildman–Crippen MR) is 112 cm³/mol. The van der Waals surface area contributed by atoms with Crippen LogP contribution in [0, 0.1) is 0 Å². The minimum atomic E-state index is 0.0699. The van der Waals surface area contributed by atoms with Crippen molar-refractivity contribution in [3.63, 3.8) is 0 Å².